The first-order valence-corrected chi connectivity index (χ1v) is 22.0. The summed E-state index contributed by atoms with van der Waals surface area (Å²) in [5.41, 5.74) is -0.783. The van der Waals surface area contributed by atoms with E-state index in [0.717, 1.165) is 17.2 Å². The maximum absolute atomic E-state index is 15.5. The van der Waals surface area contributed by atoms with Gasteiger partial charge in [-0.1, -0.05) is 88.9 Å². The van der Waals surface area contributed by atoms with E-state index in [1.165, 1.54) is 23.6 Å². The smallest absolute Gasteiger partial charge is 0.411 e. The van der Waals surface area contributed by atoms with Crippen LogP contribution in [0.2, 0.25) is 5.02 Å². The highest BCUT2D eigenvalue weighted by atomic mass is 35.6. The molecule has 0 spiro atoms. The summed E-state index contributed by atoms with van der Waals surface area (Å²) in [5, 5.41) is 17.4. The number of alkyl halides is 3. The van der Waals surface area contributed by atoms with Crippen LogP contribution in [0.1, 0.15) is 63.1 Å². The van der Waals surface area contributed by atoms with E-state index in [-0.39, 0.29) is 71.5 Å². The zero-order valence-electron chi connectivity index (χ0n) is 35.6. The molecule has 0 radical (unpaired) electrons. The lowest BCUT2D eigenvalue weighted by atomic mass is 9.60. The molecule has 3 aromatic rings. The molecule has 2 bridgehead atoms. The first-order chi connectivity index (χ1) is 30.2. The summed E-state index contributed by atoms with van der Waals surface area (Å²) < 4.78 is 61.9. The van der Waals surface area contributed by atoms with Gasteiger partial charge in [-0.25, -0.2) is 23.2 Å². The SMILES string of the molecule is CCN(Cc1ccccc1Cl)C(=O)C1(C)C(c2ccc(CCCOc3c(F)ccc(F)c3F)cc2)CC2CN(C(=O)OCCOCCON(O)O)CC1N2C(=O)OC(C)(C)C(Cl)(Cl)Cl. The number of rotatable bonds is 18. The van der Waals surface area contributed by atoms with Gasteiger partial charge in [-0.3, -0.25) is 20.1 Å². The minimum atomic E-state index is -2.04. The molecule has 2 saturated heterocycles. The van der Waals surface area contributed by atoms with Crippen molar-refractivity contribution in [2.24, 2.45) is 5.41 Å². The number of carbonyl (C=O) groups excluding carboxylic acids is 3. The Kier molecular flexibility index (Phi) is 17.7. The van der Waals surface area contributed by atoms with Crippen molar-refractivity contribution >= 4 is 64.5 Å². The van der Waals surface area contributed by atoms with Crippen molar-refractivity contribution in [2.45, 2.75) is 80.9 Å². The van der Waals surface area contributed by atoms with Gasteiger partial charge in [0.05, 0.1) is 49.3 Å². The molecule has 2 fully saturated rings. The fourth-order valence-electron chi connectivity index (χ4n) is 7.98. The van der Waals surface area contributed by atoms with Gasteiger partial charge >= 0.3 is 12.2 Å². The number of hydrogen-bond donors (Lipinski definition) is 2. The van der Waals surface area contributed by atoms with Gasteiger partial charge in [0, 0.05) is 37.1 Å². The second-order valence-corrected chi connectivity index (χ2v) is 18.7. The number of fused-ring (bicyclic) bond motifs is 2. The maximum Gasteiger partial charge on any atom is 0.411 e. The van der Waals surface area contributed by atoms with Crippen molar-refractivity contribution in [1.82, 2.24) is 20.1 Å². The number of ether oxygens (including phenoxy) is 4. The zero-order valence-corrected chi connectivity index (χ0v) is 38.6. The van der Waals surface area contributed by atoms with Crippen molar-refractivity contribution < 1.29 is 61.8 Å². The molecule has 21 heteroatoms. The normalized spacial score (nSPS) is 20.0. The number of piperidine rings is 1. The monoisotopic (exact) mass is 980 g/mol. The standard InChI is InChI=1S/C43H51Cl4F3N4O10/c1-5-51(24-29-10-6-7-11-32(29)44)38(55)42(4)31(28-14-12-27(13-15-28)9-8-18-61-37-34(49)17-16-33(48)36(37)50)23-30-25-52(39(56)62-21-19-60-20-22-63-54(58)59)26-35(42)53(30)40(57)64-41(2,3)43(45,46)47/h6-7,10-17,30-31,35,58-59H,5,8-9,18-26H2,1-4H3. The first kappa shape index (κ1) is 51.2. The third kappa shape index (κ3) is 12.2. The van der Waals surface area contributed by atoms with Crippen LogP contribution in [0, 0.1) is 22.9 Å². The lowest BCUT2D eigenvalue weighted by Crippen LogP contribution is -2.73. The number of carbonyl (C=O) groups is 3. The Hall–Kier alpha value is -3.78. The highest BCUT2D eigenvalue weighted by Gasteiger charge is 2.62. The van der Waals surface area contributed by atoms with E-state index in [1.807, 2.05) is 43.3 Å². The molecule has 64 heavy (non-hydrogen) atoms. The van der Waals surface area contributed by atoms with Crippen LogP contribution in [0.25, 0.3) is 0 Å². The summed E-state index contributed by atoms with van der Waals surface area (Å²) in [7, 11) is 0. The largest absolute Gasteiger partial charge is 0.488 e. The predicted molar refractivity (Wildman–Crippen MR) is 230 cm³/mol. The van der Waals surface area contributed by atoms with Crippen LogP contribution in [0.4, 0.5) is 22.8 Å². The number of nitrogens with zero attached hydrogens (tertiary/aromatic N) is 4. The zero-order chi connectivity index (χ0) is 47.0. The molecule has 0 aliphatic carbocycles. The average molecular weight is 983 g/mol. The van der Waals surface area contributed by atoms with Crippen molar-refractivity contribution in [3.63, 3.8) is 0 Å². The van der Waals surface area contributed by atoms with E-state index < -0.39 is 73.6 Å². The Morgan fingerprint density at radius 3 is 2.22 bits per heavy atom. The molecule has 3 amide bonds. The molecule has 0 saturated carbocycles. The fourth-order valence-corrected chi connectivity index (χ4v) is 8.29. The highest BCUT2D eigenvalue weighted by Crippen LogP contribution is 2.53. The number of halogens is 7. The molecule has 14 nitrogen and oxygen atoms in total. The van der Waals surface area contributed by atoms with Gasteiger partial charge in [-0.15, -0.1) is 0 Å². The number of likely N-dealkylation sites (tertiary alicyclic amines) is 1. The predicted octanol–water partition coefficient (Wildman–Crippen LogP) is 9.12. The first-order valence-electron chi connectivity index (χ1n) is 20.5. The van der Waals surface area contributed by atoms with Crippen molar-refractivity contribution in [3.8, 4) is 5.75 Å². The molecule has 0 aromatic heterocycles. The van der Waals surface area contributed by atoms with Gasteiger partial charge in [-0.05, 0) is 81.8 Å². The molecule has 3 aromatic carbocycles. The lowest BCUT2D eigenvalue weighted by molar-refractivity contribution is -0.493. The van der Waals surface area contributed by atoms with E-state index in [1.54, 1.807) is 24.0 Å². The second-order valence-electron chi connectivity index (χ2n) is 16.0. The summed E-state index contributed by atoms with van der Waals surface area (Å²) in [6.45, 7) is 6.15. The number of piperazine rings is 1. The van der Waals surface area contributed by atoms with E-state index in [4.69, 9.17) is 75.8 Å². The Bertz CT molecular complexity index is 2090. The van der Waals surface area contributed by atoms with Gasteiger partial charge in [0.2, 0.25) is 15.5 Å². The number of amides is 3. The third-order valence-electron chi connectivity index (χ3n) is 11.5. The molecule has 2 N–H and O–H groups in total. The van der Waals surface area contributed by atoms with Gasteiger partial charge < -0.3 is 28.7 Å². The summed E-state index contributed by atoms with van der Waals surface area (Å²) in [6, 6.07) is 14.3. The molecule has 2 aliphatic heterocycles. The minimum Gasteiger partial charge on any atom is -0.488 e. The van der Waals surface area contributed by atoms with Gasteiger partial charge in [-0.2, -0.15) is 4.39 Å². The molecule has 4 unspecified atom stereocenters. The van der Waals surface area contributed by atoms with Crippen LogP contribution in [-0.4, -0.2) is 123 Å². The molecular formula is C43H51Cl4F3N4O10. The van der Waals surface area contributed by atoms with Gasteiger partial charge in [0.1, 0.15) is 6.61 Å². The Morgan fingerprint density at radius 2 is 1.56 bits per heavy atom. The van der Waals surface area contributed by atoms with Crippen molar-refractivity contribution in [3.05, 3.63) is 99.8 Å². The summed E-state index contributed by atoms with van der Waals surface area (Å²) in [4.78, 5) is 52.6. The highest BCUT2D eigenvalue weighted by molar-refractivity contribution is 6.68. The molecule has 2 aliphatic rings. The van der Waals surface area contributed by atoms with E-state index >= 15 is 4.79 Å². The third-order valence-corrected chi connectivity index (χ3v) is 13.3. The Balaban J connectivity index is 1.47. The number of hydrogen-bond acceptors (Lipinski definition) is 11. The lowest BCUT2D eigenvalue weighted by Gasteiger charge is -2.59. The van der Waals surface area contributed by atoms with Crippen LogP contribution in [-0.2, 0) is 36.8 Å². The summed E-state index contributed by atoms with van der Waals surface area (Å²) in [5.74, 6) is -5.30. The van der Waals surface area contributed by atoms with E-state index in [2.05, 4.69) is 4.84 Å². The van der Waals surface area contributed by atoms with Crippen LogP contribution in [0.5, 0.6) is 5.75 Å². The van der Waals surface area contributed by atoms with Gasteiger partial charge in [0.25, 0.3) is 0 Å². The number of benzene rings is 3. The van der Waals surface area contributed by atoms with Crippen molar-refractivity contribution in [2.75, 3.05) is 52.7 Å². The Morgan fingerprint density at radius 1 is 0.891 bits per heavy atom. The molecular weight excluding hydrogens is 931 g/mol. The maximum atomic E-state index is 15.5. The van der Waals surface area contributed by atoms with E-state index in [0.29, 0.717) is 29.5 Å². The fraction of sp³-hybridized carbons (Fsp3) is 0.512. The molecule has 4 atom stereocenters. The average Bonchev–Trinajstić information content (AvgIpc) is 3.24. The topological polar surface area (TPSA) is 151 Å². The number of aryl methyl sites for hydroxylation is 1. The summed E-state index contributed by atoms with van der Waals surface area (Å²) >= 11 is 25.4. The molecule has 352 valence electrons. The van der Waals surface area contributed by atoms with E-state index in [9.17, 15) is 22.8 Å². The van der Waals surface area contributed by atoms with Crippen LogP contribution in [0.3, 0.4) is 0 Å². The summed E-state index contributed by atoms with van der Waals surface area (Å²) in [6.07, 6.45) is -0.642. The molecule has 5 rings (SSSR count). The molecule has 2 heterocycles. The van der Waals surface area contributed by atoms with Crippen LogP contribution < -0.4 is 4.74 Å². The van der Waals surface area contributed by atoms with Crippen LogP contribution in [0.15, 0.2) is 60.7 Å². The quantitative estimate of drug-likeness (QED) is 0.0544. The van der Waals surface area contributed by atoms with Crippen molar-refractivity contribution in [1.29, 1.82) is 0 Å². The van der Waals surface area contributed by atoms with Crippen LogP contribution >= 0.6 is 46.4 Å². The van der Waals surface area contributed by atoms with Gasteiger partial charge in [0.15, 0.2) is 23.0 Å². The minimum absolute atomic E-state index is 0.0152. The second kappa shape index (κ2) is 22.1. The Labute approximate surface area is 389 Å².